The predicted octanol–water partition coefficient (Wildman–Crippen LogP) is 2.19. The number of nitro benzene ring substituents is 1. The van der Waals surface area contributed by atoms with Crippen molar-refractivity contribution in [1.29, 1.82) is 0 Å². The van der Waals surface area contributed by atoms with Crippen LogP contribution in [0.3, 0.4) is 0 Å². The van der Waals surface area contributed by atoms with E-state index in [2.05, 4.69) is 0 Å². The summed E-state index contributed by atoms with van der Waals surface area (Å²) in [4.78, 5) is 51.3. The quantitative estimate of drug-likeness (QED) is 0.286. The van der Waals surface area contributed by atoms with E-state index in [0.29, 0.717) is 32.5 Å². The molecule has 0 bridgehead atoms. The number of hydrogen-bond acceptors (Lipinski definition) is 7. The van der Waals surface area contributed by atoms with Crippen LogP contribution in [0.1, 0.15) is 30.1 Å². The van der Waals surface area contributed by atoms with Gasteiger partial charge in [-0.25, -0.2) is 0 Å². The molecule has 0 aliphatic carbocycles. The van der Waals surface area contributed by atoms with E-state index in [1.807, 2.05) is 6.26 Å². The maximum Gasteiger partial charge on any atom is 0.309 e. The first kappa shape index (κ1) is 22.7. The summed E-state index contributed by atoms with van der Waals surface area (Å²) in [6.07, 6.45) is 2.84. The second kappa shape index (κ2) is 10.2. The van der Waals surface area contributed by atoms with Crippen LogP contribution < -0.4 is 0 Å². The number of likely N-dealkylation sites (N-methyl/N-ethyl adjacent to an activating group) is 1. The molecule has 2 rings (SSSR count). The van der Waals surface area contributed by atoms with Crippen LogP contribution in [0.5, 0.6) is 0 Å². The van der Waals surface area contributed by atoms with Gasteiger partial charge in [-0.05, 0) is 38.2 Å². The monoisotopic (exact) mass is 423 g/mol. The topological polar surface area (TPSA) is 110 Å². The van der Waals surface area contributed by atoms with E-state index in [9.17, 15) is 24.5 Å². The fourth-order valence-corrected chi connectivity index (χ4v) is 3.62. The molecule has 1 fully saturated rings. The van der Waals surface area contributed by atoms with Gasteiger partial charge in [-0.2, -0.15) is 0 Å². The Morgan fingerprint density at radius 2 is 1.97 bits per heavy atom. The SMILES string of the molecule is CCOC(=O)C1CCN(C(=O)CN(C)C(=O)c2cc(SC)ccc2[N+](=O)[O-])CC1. The summed E-state index contributed by atoms with van der Waals surface area (Å²) < 4.78 is 5.02. The number of amides is 2. The lowest BCUT2D eigenvalue weighted by Crippen LogP contribution is -2.45. The second-order valence-electron chi connectivity index (χ2n) is 6.71. The molecule has 1 saturated heterocycles. The average Bonchev–Trinajstić information content (AvgIpc) is 2.72. The molecule has 1 aliphatic heterocycles. The maximum absolute atomic E-state index is 12.7. The smallest absolute Gasteiger partial charge is 0.309 e. The minimum atomic E-state index is -0.604. The minimum Gasteiger partial charge on any atom is -0.466 e. The van der Waals surface area contributed by atoms with Crippen LogP contribution in [0, 0.1) is 16.0 Å². The van der Waals surface area contributed by atoms with Gasteiger partial charge in [0.25, 0.3) is 11.6 Å². The largest absolute Gasteiger partial charge is 0.466 e. The molecular formula is C19H25N3O6S. The molecule has 10 heteroatoms. The first-order chi connectivity index (χ1) is 13.8. The summed E-state index contributed by atoms with van der Waals surface area (Å²) in [5.41, 5.74) is -0.333. The van der Waals surface area contributed by atoms with Gasteiger partial charge >= 0.3 is 5.97 Å². The lowest BCUT2D eigenvalue weighted by Gasteiger charge is -2.32. The van der Waals surface area contributed by atoms with Gasteiger partial charge < -0.3 is 14.5 Å². The Kier molecular flexibility index (Phi) is 8.00. The number of ether oxygens (including phenoxy) is 1. The van der Waals surface area contributed by atoms with Crippen molar-refractivity contribution < 1.29 is 24.0 Å². The number of likely N-dealkylation sites (tertiary alicyclic amines) is 1. The molecule has 0 radical (unpaired) electrons. The second-order valence-corrected chi connectivity index (χ2v) is 7.59. The molecule has 0 aromatic heterocycles. The summed E-state index contributed by atoms with van der Waals surface area (Å²) in [5.74, 6) is -1.29. The fraction of sp³-hybridized carbons (Fsp3) is 0.526. The van der Waals surface area contributed by atoms with E-state index < -0.39 is 10.8 Å². The Labute approximate surface area is 173 Å². The maximum atomic E-state index is 12.7. The fourth-order valence-electron chi connectivity index (χ4n) is 3.18. The van der Waals surface area contributed by atoms with Gasteiger partial charge in [0.15, 0.2) is 0 Å². The van der Waals surface area contributed by atoms with E-state index in [1.54, 1.807) is 17.9 Å². The number of carbonyl (C=O) groups excluding carboxylic acids is 3. The number of carbonyl (C=O) groups is 3. The normalized spacial score (nSPS) is 14.4. The zero-order valence-corrected chi connectivity index (χ0v) is 17.6. The number of nitro groups is 1. The molecule has 9 nitrogen and oxygen atoms in total. The lowest BCUT2D eigenvalue weighted by molar-refractivity contribution is -0.385. The predicted molar refractivity (Wildman–Crippen MR) is 108 cm³/mol. The van der Waals surface area contributed by atoms with Gasteiger partial charge in [0.05, 0.1) is 24.0 Å². The molecule has 1 heterocycles. The summed E-state index contributed by atoms with van der Waals surface area (Å²) >= 11 is 1.37. The number of piperidine rings is 1. The van der Waals surface area contributed by atoms with Crippen LogP contribution in [0.25, 0.3) is 0 Å². The van der Waals surface area contributed by atoms with Crippen LogP contribution in [0.2, 0.25) is 0 Å². The molecule has 1 aromatic rings. The summed E-state index contributed by atoms with van der Waals surface area (Å²) in [5, 5.41) is 11.3. The van der Waals surface area contributed by atoms with Crippen LogP contribution in [-0.4, -0.2) is 72.1 Å². The van der Waals surface area contributed by atoms with Crippen LogP contribution in [0.4, 0.5) is 5.69 Å². The number of rotatable bonds is 7. The number of nitrogens with zero attached hydrogens (tertiary/aromatic N) is 3. The Bertz CT molecular complexity index is 792. The minimum absolute atomic E-state index is 0.0434. The van der Waals surface area contributed by atoms with Crippen LogP contribution in [-0.2, 0) is 14.3 Å². The summed E-state index contributed by atoms with van der Waals surface area (Å²) in [7, 11) is 1.45. The van der Waals surface area contributed by atoms with Gasteiger partial charge in [0.1, 0.15) is 5.56 Å². The Hall–Kier alpha value is -2.62. The molecule has 1 aromatic carbocycles. The number of benzene rings is 1. The highest BCUT2D eigenvalue weighted by molar-refractivity contribution is 7.98. The Morgan fingerprint density at radius 1 is 1.31 bits per heavy atom. The number of hydrogen-bond donors (Lipinski definition) is 0. The van der Waals surface area contributed by atoms with E-state index in [1.165, 1.54) is 35.8 Å². The summed E-state index contributed by atoms with van der Waals surface area (Å²) in [6.45, 7) is 2.71. The first-order valence-electron chi connectivity index (χ1n) is 9.30. The first-order valence-corrected chi connectivity index (χ1v) is 10.5. The third-order valence-corrected chi connectivity index (χ3v) is 5.54. The third kappa shape index (κ3) is 5.69. The van der Waals surface area contributed by atoms with Gasteiger partial charge in [-0.1, -0.05) is 0 Å². The van der Waals surface area contributed by atoms with Crippen molar-refractivity contribution >= 4 is 35.2 Å². The molecule has 0 N–H and O–H groups in total. The zero-order valence-electron chi connectivity index (χ0n) is 16.8. The van der Waals surface area contributed by atoms with Gasteiger partial charge in [-0.3, -0.25) is 24.5 Å². The van der Waals surface area contributed by atoms with Crippen molar-refractivity contribution in [2.75, 3.05) is 39.5 Å². The molecule has 0 saturated carbocycles. The third-order valence-electron chi connectivity index (χ3n) is 4.82. The highest BCUT2D eigenvalue weighted by Gasteiger charge is 2.30. The van der Waals surface area contributed by atoms with Crippen molar-refractivity contribution in [2.24, 2.45) is 5.92 Å². The van der Waals surface area contributed by atoms with E-state index in [0.717, 1.165) is 4.90 Å². The number of esters is 1. The van der Waals surface area contributed by atoms with Gasteiger partial charge in [0, 0.05) is 31.1 Å². The van der Waals surface area contributed by atoms with Crippen molar-refractivity contribution in [3.63, 3.8) is 0 Å². The molecule has 0 spiro atoms. The molecule has 1 aliphatic rings. The molecule has 0 atom stereocenters. The molecule has 0 unspecified atom stereocenters. The zero-order chi connectivity index (χ0) is 21.6. The van der Waals surface area contributed by atoms with Crippen molar-refractivity contribution in [3.05, 3.63) is 33.9 Å². The van der Waals surface area contributed by atoms with E-state index >= 15 is 0 Å². The van der Waals surface area contributed by atoms with E-state index in [4.69, 9.17) is 4.74 Å². The molecule has 29 heavy (non-hydrogen) atoms. The van der Waals surface area contributed by atoms with Gasteiger partial charge in [0.2, 0.25) is 5.91 Å². The highest BCUT2D eigenvalue weighted by atomic mass is 32.2. The van der Waals surface area contributed by atoms with Crippen molar-refractivity contribution in [3.8, 4) is 0 Å². The van der Waals surface area contributed by atoms with Crippen LogP contribution >= 0.6 is 11.8 Å². The number of thioether (sulfide) groups is 1. The van der Waals surface area contributed by atoms with Gasteiger partial charge in [-0.15, -0.1) is 11.8 Å². The van der Waals surface area contributed by atoms with Crippen molar-refractivity contribution in [2.45, 2.75) is 24.7 Å². The Morgan fingerprint density at radius 3 is 2.52 bits per heavy atom. The standard InChI is InChI=1S/C19H25N3O6S/c1-4-28-19(25)13-7-9-21(10-8-13)17(23)12-20(2)18(24)15-11-14(29-3)5-6-16(15)22(26)27/h5-6,11,13H,4,7-10,12H2,1-3H3. The average molecular weight is 423 g/mol. The highest BCUT2D eigenvalue weighted by Crippen LogP contribution is 2.26. The molecule has 2 amide bonds. The van der Waals surface area contributed by atoms with E-state index in [-0.39, 0.29) is 35.6 Å². The van der Waals surface area contributed by atoms with Crippen LogP contribution in [0.15, 0.2) is 23.1 Å². The van der Waals surface area contributed by atoms with Crippen molar-refractivity contribution in [1.82, 2.24) is 9.80 Å². The Balaban J connectivity index is 2.01. The summed E-state index contributed by atoms with van der Waals surface area (Å²) in [6, 6.07) is 4.35. The lowest BCUT2D eigenvalue weighted by atomic mass is 9.97. The molecular weight excluding hydrogens is 398 g/mol. The molecule has 158 valence electrons.